The van der Waals surface area contributed by atoms with Crippen LogP contribution in [0.25, 0.3) is 5.65 Å². The topological polar surface area (TPSA) is 74.6 Å². The van der Waals surface area contributed by atoms with Crippen LogP contribution in [0.5, 0.6) is 0 Å². The Morgan fingerprint density at radius 2 is 2.15 bits per heavy atom. The predicted molar refractivity (Wildman–Crippen MR) is 74.1 cm³/mol. The van der Waals surface area contributed by atoms with Crippen LogP contribution in [0.15, 0.2) is 24.4 Å². The van der Waals surface area contributed by atoms with Gasteiger partial charge in [-0.05, 0) is 12.1 Å². The summed E-state index contributed by atoms with van der Waals surface area (Å²) >= 11 is 0. The number of aromatic nitrogens is 3. The van der Waals surface area contributed by atoms with Gasteiger partial charge in [0.05, 0.1) is 13.1 Å². The highest BCUT2D eigenvalue weighted by Crippen LogP contribution is 2.02. The highest BCUT2D eigenvalue weighted by molar-refractivity contribution is 5.77. The Labute approximate surface area is 117 Å². The molecular weight excluding hydrogens is 256 g/mol. The lowest BCUT2D eigenvalue weighted by Crippen LogP contribution is -2.47. The normalized spacial score (nSPS) is 16.4. The van der Waals surface area contributed by atoms with Crippen LogP contribution in [-0.4, -0.2) is 58.1 Å². The van der Waals surface area contributed by atoms with Crippen LogP contribution >= 0.6 is 0 Å². The summed E-state index contributed by atoms with van der Waals surface area (Å²) in [5, 5.41) is 14.3. The molecule has 3 heterocycles. The van der Waals surface area contributed by atoms with Gasteiger partial charge in [-0.1, -0.05) is 6.07 Å². The first-order valence-electron chi connectivity index (χ1n) is 6.81. The summed E-state index contributed by atoms with van der Waals surface area (Å²) in [6, 6.07) is 5.72. The van der Waals surface area contributed by atoms with Gasteiger partial charge in [-0.25, -0.2) is 0 Å². The van der Waals surface area contributed by atoms with Crippen molar-refractivity contribution in [2.45, 2.75) is 6.54 Å². The van der Waals surface area contributed by atoms with Gasteiger partial charge < -0.3 is 10.6 Å². The molecule has 1 saturated heterocycles. The number of hydrogen-bond donors (Lipinski definition) is 2. The second-order valence-corrected chi connectivity index (χ2v) is 4.85. The Bertz CT molecular complexity index is 589. The maximum absolute atomic E-state index is 11.9. The summed E-state index contributed by atoms with van der Waals surface area (Å²) in [4.78, 5) is 14.1. The van der Waals surface area contributed by atoms with Gasteiger partial charge in [-0.2, -0.15) is 0 Å². The van der Waals surface area contributed by atoms with Gasteiger partial charge in [-0.15, -0.1) is 10.2 Å². The van der Waals surface area contributed by atoms with E-state index in [-0.39, 0.29) is 5.91 Å². The number of carbonyl (C=O) groups is 1. The van der Waals surface area contributed by atoms with Crippen molar-refractivity contribution in [3.05, 3.63) is 30.2 Å². The predicted octanol–water partition coefficient (Wildman–Crippen LogP) is -0.749. The van der Waals surface area contributed by atoms with Crippen molar-refractivity contribution in [2.24, 2.45) is 0 Å². The van der Waals surface area contributed by atoms with E-state index in [1.54, 1.807) is 0 Å². The van der Waals surface area contributed by atoms with Crippen LogP contribution in [0.1, 0.15) is 5.82 Å². The molecule has 0 aliphatic carbocycles. The zero-order valence-corrected chi connectivity index (χ0v) is 11.2. The summed E-state index contributed by atoms with van der Waals surface area (Å²) in [5.74, 6) is 0.772. The van der Waals surface area contributed by atoms with Gasteiger partial charge in [-0.3, -0.25) is 14.1 Å². The van der Waals surface area contributed by atoms with Crippen molar-refractivity contribution in [1.82, 2.24) is 30.1 Å². The van der Waals surface area contributed by atoms with Crippen LogP contribution in [-0.2, 0) is 11.3 Å². The minimum Gasteiger partial charge on any atom is -0.348 e. The Hall–Kier alpha value is -1.99. The van der Waals surface area contributed by atoms with Crippen molar-refractivity contribution in [3.8, 4) is 0 Å². The fraction of sp³-hybridized carbons (Fsp3) is 0.462. The number of piperazine rings is 1. The second kappa shape index (κ2) is 5.98. The third kappa shape index (κ3) is 2.94. The average molecular weight is 274 g/mol. The molecule has 0 radical (unpaired) electrons. The Balaban J connectivity index is 1.54. The maximum Gasteiger partial charge on any atom is 0.234 e. The Morgan fingerprint density at radius 3 is 3.00 bits per heavy atom. The van der Waals surface area contributed by atoms with E-state index in [2.05, 4.69) is 25.7 Å². The number of nitrogens with zero attached hydrogens (tertiary/aromatic N) is 4. The molecule has 0 saturated carbocycles. The minimum absolute atomic E-state index is 0.0274. The molecule has 106 valence electrons. The monoisotopic (exact) mass is 274 g/mol. The zero-order valence-electron chi connectivity index (χ0n) is 11.2. The number of hydrogen-bond acceptors (Lipinski definition) is 5. The molecule has 0 bridgehead atoms. The summed E-state index contributed by atoms with van der Waals surface area (Å²) in [6.45, 7) is 4.57. The largest absolute Gasteiger partial charge is 0.348 e. The number of carbonyl (C=O) groups excluding carboxylic acids is 1. The number of rotatable bonds is 4. The molecule has 2 aromatic heterocycles. The van der Waals surface area contributed by atoms with E-state index in [4.69, 9.17) is 0 Å². The van der Waals surface area contributed by atoms with Crippen LogP contribution in [0, 0.1) is 0 Å². The lowest BCUT2D eigenvalue weighted by molar-refractivity contribution is -0.122. The zero-order chi connectivity index (χ0) is 13.8. The molecule has 0 atom stereocenters. The van der Waals surface area contributed by atoms with E-state index in [1.807, 2.05) is 28.8 Å². The van der Waals surface area contributed by atoms with Crippen molar-refractivity contribution >= 4 is 11.6 Å². The van der Waals surface area contributed by atoms with Crippen molar-refractivity contribution in [3.63, 3.8) is 0 Å². The summed E-state index contributed by atoms with van der Waals surface area (Å²) in [7, 11) is 0. The van der Waals surface area contributed by atoms with Crippen LogP contribution in [0.3, 0.4) is 0 Å². The van der Waals surface area contributed by atoms with Gasteiger partial charge in [0.1, 0.15) is 0 Å². The summed E-state index contributed by atoms with van der Waals surface area (Å²) in [5.41, 5.74) is 0.791. The lowest BCUT2D eigenvalue weighted by Gasteiger charge is -2.26. The molecule has 1 amide bonds. The molecule has 2 aromatic rings. The first-order valence-corrected chi connectivity index (χ1v) is 6.81. The Kier molecular flexibility index (Phi) is 3.89. The van der Waals surface area contributed by atoms with Gasteiger partial charge in [0.25, 0.3) is 0 Å². The molecule has 2 N–H and O–H groups in total. The minimum atomic E-state index is 0.0274. The van der Waals surface area contributed by atoms with E-state index in [1.165, 1.54) is 0 Å². The van der Waals surface area contributed by atoms with E-state index >= 15 is 0 Å². The molecule has 7 heteroatoms. The lowest BCUT2D eigenvalue weighted by atomic mass is 10.3. The fourth-order valence-corrected chi connectivity index (χ4v) is 2.32. The van der Waals surface area contributed by atoms with E-state index in [0.29, 0.717) is 13.1 Å². The molecule has 1 aliphatic rings. The smallest absolute Gasteiger partial charge is 0.234 e. The molecule has 0 unspecified atom stereocenters. The third-order valence-electron chi connectivity index (χ3n) is 3.40. The van der Waals surface area contributed by atoms with Gasteiger partial charge >= 0.3 is 0 Å². The Morgan fingerprint density at radius 1 is 1.30 bits per heavy atom. The summed E-state index contributed by atoms with van der Waals surface area (Å²) < 4.78 is 1.88. The first-order chi connectivity index (χ1) is 9.83. The van der Waals surface area contributed by atoms with E-state index in [0.717, 1.165) is 37.7 Å². The van der Waals surface area contributed by atoms with Gasteiger partial charge in [0.15, 0.2) is 11.5 Å². The molecule has 20 heavy (non-hydrogen) atoms. The quantitative estimate of drug-likeness (QED) is 0.767. The van der Waals surface area contributed by atoms with Crippen molar-refractivity contribution in [2.75, 3.05) is 32.7 Å². The van der Waals surface area contributed by atoms with Crippen molar-refractivity contribution in [1.29, 1.82) is 0 Å². The third-order valence-corrected chi connectivity index (χ3v) is 3.40. The van der Waals surface area contributed by atoms with E-state index in [9.17, 15) is 4.79 Å². The van der Waals surface area contributed by atoms with Gasteiger partial charge in [0.2, 0.25) is 5.91 Å². The van der Waals surface area contributed by atoms with Crippen molar-refractivity contribution < 1.29 is 4.79 Å². The molecule has 0 spiro atoms. The van der Waals surface area contributed by atoms with E-state index < -0.39 is 0 Å². The second-order valence-electron chi connectivity index (χ2n) is 4.85. The molecule has 1 aliphatic heterocycles. The van der Waals surface area contributed by atoms with Gasteiger partial charge in [0, 0.05) is 32.4 Å². The molecule has 3 rings (SSSR count). The molecule has 1 fully saturated rings. The van der Waals surface area contributed by atoms with Crippen LogP contribution in [0.2, 0.25) is 0 Å². The van der Waals surface area contributed by atoms with Crippen LogP contribution < -0.4 is 10.6 Å². The SMILES string of the molecule is O=C(CN1CCNCC1)NCc1nnc2ccccn12. The average Bonchev–Trinajstić information content (AvgIpc) is 2.89. The number of nitrogens with one attached hydrogen (secondary N) is 2. The highest BCUT2D eigenvalue weighted by Gasteiger charge is 2.13. The number of amides is 1. The molecule has 0 aromatic carbocycles. The number of pyridine rings is 1. The number of fused-ring (bicyclic) bond motifs is 1. The maximum atomic E-state index is 11.9. The summed E-state index contributed by atoms with van der Waals surface area (Å²) in [6.07, 6.45) is 1.90. The standard InChI is InChI=1S/C13H18N6O/c20-13(10-18-7-4-14-5-8-18)15-9-12-17-16-11-3-1-2-6-19(11)12/h1-3,6,14H,4-5,7-10H2,(H,15,20). The molecule has 7 nitrogen and oxygen atoms in total. The molecular formula is C13H18N6O. The van der Waals surface area contributed by atoms with Crippen LogP contribution in [0.4, 0.5) is 0 Å². The first kappa shape index (κ1) is 13.0. The highest BCUT2D eigenvalue weighted by atomic mass is 16.2. The fourth-order valence-electron chi connectivity index (χ4n) is 2.32.